The number of hydrogen-bond acceptors (Lipinski definition) is 3. The van der Waals surface area contributed by atoms with E-state index in [0.29, 0.717) is 6.10 Å². The Morgan fingerprint density at radius 3 is 1.25 bits per heavy atom. The van der Waals surface area contributed by atoms with Crippen LogP contribution in [0.2, 0.25) is 0 Å². The molecule has 1 saturated heterocycles. The van der Waals surface area contributed by atoms with Crippen molar-refractivity contribution in [2.24, 2.45) is 0 Å². The maximum Gasteiger partial charge on any atom is 0.330 e. The van der Waals surface area contributed by atoms with Crippen LogP contribution in [-0.2, 0) is 14.3 Å². The van der Waals surface area contributed by atoms with Gasteiger partial charge in [0.2, 0.25) is 0 Å². The van der Waals surface area contributed by atoms with Crippen LogP contribution in [0.5, 0.6) is 0 Å². The van der Waals surface area contributed by atoms with Crippen LogP contribution in [-0.4, -0.2) is 34.9 Å². The second-order valence-electron chi connectivity index (χ2n) is 3.31. The van der Waals surface area contributed by atoms with Crippen molar-refractivity contribution in [2.75, 3.05) is 6.61 Å². The summed E-state index contributed by atoms with van der Waals surface area (Å²) in [5, 5.41) is 15.8. The first-order valence-corrected chi connectivity index (χ1v) is 4.57. The highest BCUT2D eigenvalue weighted by Gasteiger charge is 2.13. The van der Waals surface area contributed by atoms with Crippen LogP contribution in [0.15, 0.2) is 24.3 Å². The second kappa shape index (κ2) is 8.67. The van der Waals surface area contributed by atoms with Gasteiger partial charge in [-0.15, -0.1) is 0 Å². The molecule has 5 nitrogen and oxygen atoms in total. The molecule has 92 valence electrons. The molecule has 0 aromatic rings. The molecule has 1 rings (SSSR count). The van der Waals surface area contributed by atoms with Crippen molar-refractivity contribution in [2.45, 2.75) is 26.9 Å². The fraction of sp³-hybridized carbons (Fsp3) is 0.455. The largest absolute Gasteiger partial charge is 0.478 e. The van der Waals surface area contributed by atoms with Gasteiger partial charge in [-0.05, 0) is 20.8 Å². The van der Waals surface area contributed by atoms with E-state index in [-0.39, 0.29) is 11.1 Å². The Labute approximate surface area is 95.0 Å². The summed E-state index contributed by atoms with van der Waals surface area (Å²) in [4.78, 5) is 19.2. The average Bonchev–Trinajstić information content (AvgIpc) is 2.89. The van der Waals surface area contributed by atoms with Gasteiger partial charge in [-0.3, -0.25) is 0 Å². The fourth-order valence-electron chi connectivity index (χ4n) is 0.0962. The van der Waals surface area contributed by atoms with Gasteiger partial charge in [0.1, 0.15) is 0 Å². The van der Waals surface area contributed by atoms with Crippen molar-refractivity contribution < 1.29 is 24.5 Å². The molecule has 0 spiro atoms. The third-order valence-corrected chi connectivity index (χ3v) is 1.23. The molecule has 1 aliphatic heterocycles. The smallest absolute Gasteiger partial charge is 0.330 e. The average molecular weight is 230 g/mol. The molecule has 0 saturated carbocycles. The minimum atomic E-state index is -0.935. The maximum absolute atomic E-state index is 9.60. The number of epoxide rings is 1. The van der Waals surface area contributed by atoms with Gasteiger partial charge < -0.3 is 14.9 Å². The molecular formula is C11H18O5. The number of rotatable bonds is 2. The molecule has 5 heteroatoms. The minimum absolute atomic E-state index is 0.176. The van der Waals surface area contributed by atoms with E-state index in [0.717, 1.165) is 6.61 Å². The first kappa shape index (κ1) is 16.8. The van der Waals surface area contributed by atoms with Crippen molar-refractivity contribution in [1.29, 1.82) is 0 Å². The highest BCUT2D eigenvalue weighted by atomic mass is 16.6. The van der Waals surface area contributed by atoms with Crippen LogP contribution >= 0.6 is 0 Å². The molecule has 0 aromatic heterocycles. The van der Waals surface area contributed by atoms with E-state index >= 15 is 0 Å². The molecule has 0 aliphatic carbocycles. The summed E-state index contributed by atoms with van der Waals surface area (Å²) in [5.41, 5.74) is 0.352. The molecule has 0 amide bonds. The van der Waals surface area contributed by atoms with Gasteiger partial charge in [0, 0.05) is 11.1 Å². The van der Waals surface area contributed by atoms with Crippen molar-refractivity contribution in [3.05, 3.63) is 24.3 Å². The molecule has 1 aliphatic rings. The molecule has 1 heterocycles. The Kier molecular flexibility index (Phi) is 9.10. The number of carboxylic acids is 2. The SMILES string of the molecule is C=C(C)C(=O)O.C=C(C)C(=O)O.CC1CO1. The van der Waals surface area contributed by atoms with Gasteiger partial charge in [-0.2, -0.15) is 0 Å². The van der Waals surface area contributed by atoms with Gasteiger partial charge in [-0.25, -0.2) is 9.59 Å². The van der Waals surface area contributed by atoms with Crippen LogP contribution in [0.1, 0.15) is 20.8 Å². The summed E-state index contributed by atoms with van der Waals surface area (Å²) in [7, 11) is 0. The Balaban J connectivity index is 0. The molecule has 16 heavy (non-hydrogen) atoms. The van der Waals surface area contributed by atoms with Gasteiger partial charge in [-0.1, -0.05) is 13.2 Å². The summed E-state index contributed by atoms with van der Waals surface area (Å²) < 4.78 is 4.71. The Bertz CT molecular complexity index is 228. The predicted octanol–water partition coefficient (Wildman–Crippen LogP) is 1.70. The Morgan fingerprint density at radius 2 is 1.25 bits per heavy atom. The molecule has 1 atom stereocenters. The van der Waals surface area contributed by atoms with Crippen LogP contribution in [0.4, 0.5) is 0 Å². The molecule has 1 fully saturated rings. The number of ether oxygens (including phenoxy) is 1. The fourth-order valence-corrected chi connectivity index (χ4v) is 0.0962. The van der Waals surface area contributed by atoms with Gasteiger partial charge in [0.25, 0.3) is 0 Å². The van der Waals surface area contributed by atoms with Crippen molar-refractivity contribution in [3.63, 3.8) is 0 Å². The first-order chi connectivity index (χ1) is 7.18. The lowest BCUT2D eigenvalue weighted by Crippen LogP contribution is -1.92. The molecule has 0 aromatic carbocycles. The lowest BCUT2D eigenvalue weighted by Gasteiger charge is -1.79. The summed E-state index contributed by atoms with van der Waals surface area (Å²) in [6, 6.07) is 0. The van der Waals surface area contributed by atoms with Crippen LogP contribution in [0.3, 0.4) is 0 Å². The summed E-state index contributed by atoms with van der Waals surface area (Å²) in [5.74, 6) is -1.87. The van der Waals surface area contributed by atoms with E-state index in [1.165, 1.54) is 13.8 Å². The number of hydrogen-bond donors (Lipinski definition) is 2. The summed E-state index contributed by atoms with van der Waals surface area (Å²) in [6.07, 6.45) is 0.583. The molecule has 1 unspecified atom stereocenters. The molecule has 0 radical (unpaired) electrons. The monoisotopic (exact) mass is 230 g/mol. The lowest BCUT2D eigenvalue weighted by atomic mass is 10.4. The molecule has 0 bridgehead atoms. The number of aliphatic carboxylic acids is 2. The molecular weight excluding hydrogens is 212 g/mol. The van der Waals surface area contributed by atoms with Crippen LogP contribution in [0, 0.1) is 0 Å². The van der Waals surface area contributed by atoms with Crippen molar-refractivity contribution >= 4 is 11.9 Å². The summed E-state index contributed by atoms with van der Waals surface area (Å²) in [6.45, 7) is 12.2. The first-order valence-electron chi connectivity index (χ1n) is 4.57. The predicted molar refractivity (Wildman–Crippen MR) is 60.3 cm³/mol. The van der Waals surface area contributed by atoms with E-state index in [1.54, 1.807) is 0 Å². The van der Waals surface area contributed by atoms with Crippen LogP contribution in [0.25, 0.3) is 0 Å². The highest BCUT2D eigenvalue weighted by molar-refractivity contribution is 5.85. The van der Waals surface area contributed by atoms with Gasteiger partial charge >= 0.3 is 11.9 Å². The zero-order valence-electron chi connectivity index (χ0n) is 9.82. The standard InChI is InChI=1S/2C4H6O2.C3H6O/c2*1-3(2)4(5)6;1-3-2-4-3/h2*1H2,2H3,(H,5,6);3H,2H2,1H3. The van der Waals surface area contributed by atoms with Gasteiger partial charge in [0.15, 0.2) is 0 Å². The zero-order chi connectivity index (χ0) is 13.3. The number of carbonyl (C=O) groups is 2. The van der Waals surface area contributed by atoms with E-state index < -0.39 is 11.9 Å². The van der Waals surface area contributed by atoms with E-state index in [1.807, 2.05) is 0 Å². The Morgan fingerprint density at radius 1 is 1.12 bits per heavy atom. The summed E-state index contributed by atoms with van der Waals surface area (Å²) >= 11 is 0. The second-order valence-corrected chi connectivity index (χ2v) is 3.31. The highest BCUT2D eigenvalue weighted by Crippen LogP contribution is 2.04. The van der Waals surface area contributed by atoms with Crippen LogP contribution < -0.4 is 0 Å². The third-order valence-electron chi connectivity index (χ3n) is 1.23. The van der Waals surface area contributed by atoms with E-state index in [9.17, 15) is 9.59 Å². The van der Waals surface area contributed by atoms with Gasteiger partial charge in [0.05, 0.1) is 12.7 Å². The van der Waals surface area contributed by atoms with E-state index in [2.05, 4.69) is 20.1 Å². The minimum Gasteiger partial charge on any atom is -0.478 e. The van der Waals surface area contributed by atoms with E-state index in [4.69, 9.17) is 14.9 Å². The molecule has 2 N–H and O–H groups in total. The zero-order valence-corrected chi connectivity index (χ0v) is 9.82. The van der Waals surface area contributed by atoms with Crippen molar-refractivity contribution in [3.8, 4) is 0 Å². The number of carboxylic acid groups (broad SMARTS) is 2. The third kappa shape index (κ3) is 18.2. The maximum atomic E-state index is 9.60. The Hall–Kier alpha value is -1.62. The quantitative estimate of drug-likeness (QED) is 0.557. The topological polar surface area (TPSA) is 87.1 Å². The normalized spacial score (nSPS) is 15.6. The van der Waals surface area contributed by atoms with Crippen molar-refractivity contribution in [1.82, 2.24) is 0 Å². The lowest BCUT2D eigenvalue weighted by molar-refractivity contribution is -0.133.